The third-order valence-corrected chi connectivity index (χ3v) is 3.82. The molecule has 126 valence electrons. The van der Waals surface area contributed by atoms with E-state index in [2.05, 4.69) is 0 Å². The number of hydrogen-bond donors (Lipinski definition) is 0. The number of amides is 1. The molecule has 1 aromatic carbocycles. The fourth-order valence-electron chi connectivity index (χ4n) is 2.74. The molecule has 4 nitrogen and oxygen atoms in total. The number of rotatable bonds is 4. The van der Waals surface area contributed by atoms with Gasteiger partial charge in [0.25, 0.3) is 0 Å². The average molecular weight is 329 g/mol. The molecule has 0 bridgehead atoms. The van der Waals surface area contributed by atoms with Crippen molar-refractivity contribution < 1.29 is 27.5 Å². The van der Waals surface area contributed by atoms with Crippen LogP contribution in [0.25, 0.3) is 0 Å². The molecule has 1 atom stereocenters. The predicted octanol–water partition coefficient (Wildman–Crippen LogP) is 3.19. The molecule has 0 N–H and O–H groups in total. The molecule has 0 saturated carbocycles. The van der Waals surface area contributed by atoms with Crippen molar-refractivity contribution in [3.05, 3.63) is 23.3 Å². The Morgan fingerprint density at radius 1 is 1.30 bits per heavy atom. The highest BCUT2D eigenvalue weighted by Crippen LogP contribution is 2.35. The van der Waals surface area contributed by atoms with E-state index in [1.54, 1.807) is 13.8 Å². The van der Waals surface area contributed by atoms with E-state index in [4.69, 9.17) is 4.74 Å². The van der Waals surface area contributed by atoms with Crippen LogP contribution in [0.1, 0.15) is 31.4 Å². The van der Waals surface area contributed by atoms with Crippen molar-refractivity contribution in [1.29, 1.82) is 0 Å². The number of alkyl halides is 3. The standard InChI is InChI=1S/C16H18F3NO3/c1-4-11-6-12(23-8-16(17,18)19)5-9(2)15(11)20-10(3)13(21)7-14(20)22/h5-6,10H,4,7-8H2,1-3H3. The summed E-state index contributed by atoms with van der Waals surface area (Å²) in [4.78, 5) is 25.3. The van der Waals surface area contributed by atoms with Crippen LogP contribution in [-0.2, 0) is 16.0 Å². The zero-order valence-corrected chi connectivity index (χ0v) is 13.2. The third-order valence-electron chi connectivity index (χ3n) is 3.82. The number of halogens is 3. The van der Waals surface area contributed by atoms with Crippen molar-refractivity contribution in [2.45, 2.75) is 45.8 Å². The minimum absolute atomic E-state index is 0.103. The summed E-state index contributed by atoms with van der Waals surface area (Å²) in [5.41, 5.74) is 1.88. The Balaban J connectivity index is 2.38. The van der Waals surface area contributed by atoms with Gasteiger partial charge in [0.15, 0.2) is 12.4 Å². The molecule has 1 heterocycles. The largest absolute Gasteiger partial charge is 0.484 e. The van der Waals surface area contributed by atoms with Crippen LogP contribution in [0, 0.1) is 6.92 Å². The highest BCUT2D eigenvalue weighted by atomic mass is 19.4. The number of Topliss-reactive ketones (excluding diaryl/α,β-unsaturated/α-hetero) is 1. The molecule has 1 fully saturated rings. The van der Waals surface area contributed by atoms with Crippen LogP contribution in [0.4, 0.5) is 18.9 Å². The van der Waals surface area contributed by atoms with Crippen LogP contribution in [0.15, 0.2) is 12.1 Å². The van der Waals surface area contributed by atoms with Gasteiger partial charge in [-0.15, -0.1) is 0 Å². The molecule has 1 unspecified atom stereocenters. The highest BCUT2D eigenvalue weighted by molar-refractivity contribution is 6.17. The van der Waals surface area contributed by atoms with Gasteiger partial charge in [0.05, 0.1) is 18.2 Å². The number of carbonyl (C=O) groups is 2. The van der Waals surface area contributed by atoms with Crippen molar-refractivity contribution in [2.24, 2.45) is 0 Å². The van der Waals surface area contributed by atoms with Gasteiger partial charge >= 0.3 is 6.18 Å². The summed E-state index contributed by atoms with van der Waals surface area (Å²) in [6.45, 7) is 3.81. The van der Waals surface area contributed by atoms with Crippen LogP contribution in [-0.4, -0.2) is 30.5 Å². The first kappa shape index (κ1) is 17.3. The Hall–Kier alpha value is -2.05. The van der Waals surface area contributed by atoms with Gasteiger partial charge in [0.2, 0.25) is 5.91 Å². The molecule has 1 aliphatic heterocycles. The summed E-state index contributed by atoms with van der Waals surface area (Å²) in [6, 6.07) is 2.40. The summed E-state index contributed by atoms with van der Waals surface area (Å²) in [6.07, 6.45) is -4.05. The molecule has 1 aliphatic rings. The lowest BCUT2D eigenvalue weighted by Gasteiger charge is -2.26. The van der Waals surface area contributed by atoms with E-state index in [9.17, 15) is 22.8 Å². The lowest BCUT2D eigenvalue weighted by atomic mass is 10.0. The maximum absolute atomic E-state index is 12.3. The zero-order chi connectivity index (χ0) is 17.4. The first-order valence-electron chi connectivity index (χ1n) is 7.32. The van der Waals surface area contributed by atoms with Gasteiger partial charge in [-0.25, -0.2) is 0 Å². The second-order valence-electron chi connectivity index (χ2n) is 5.59. The van der Waals surface area contributed by atoms with E-state index in [1.165, 1.54) is 17.0 Å². The van der Waals surface area contributed by atoms with Crippen molar-refractivity contribution in [1.82, 2.24) is 0 Å². The van der Waals surface area contributed by atoms with Crippen molar-refractivity contribution in [3.8, 4) is 5.75 Å². The number of ketones is 1. The number of anilines is 1. The second kappa shape index (κ2) is 6.22. The monoisotopic (exact) mass is 329 g/mol. The molecule has 2 rings (SSSR count). The van der Waals surface area contributed by atoms with E-state index >= 15 is 0 Å². The fraction of sp³-hybridized carbons (Fsp3) is 0.500. The SMILES string of the molecule is CCc1cc(OCC(F)(F)F)cc(C)c1N1C(=O)CC(=O)C1C. The van der Waals surface area contributed by atoms with E-state index in [-0.39, 0.29) is 23.9 Å². The highest BCUT2D eigenvalue weighted by Gasteiger charge is 2.38. The molecule has 1 saturated heterocycles. The lowest BCUT2D eigenvalue weighted by molar-refractivity contribution is -0.153. The summed E-state index contributed by atoms with van der Waals surface area (Å²) in [5.74, 6) is -0.343. The number of carbonyl (C=O) groups excluding carboxylic acids is 2. The third kappa shape index (κ3) is 3.65. The van der Waals surface area contributed by atoms with E-state index in [0.717, 1.165) is 0 Å². The quantitative estimate of drug-likeness (QED) is 0.797. The number of aryl methyl sites for hydroxylation is 2. The maximum atomic E-state index is 12.3. The Morgan fingerprint density at radius 2 is 1.96 bits per heavy atom. The summed E-state index contributed by atoms with van der Waals surface area (Å²) >= 11 is 0. The molecular weight excluding hydrogens is 311 g/mol. The minimum Gasteiger partial charge on any atom is -0.484 e. The first-order chi connectivity index (χ1) is 10.6. The number of hydrogen-bond acceptors (Lipinski definition) is 3. The molecule has 0 spiro atoms. The fourth-order valence-corrected chi connectivity index (χ4v) is 2.74. The summed E-state index contributed by atoms with van der Waals surface area (Å²) in [5, 5.41) is 0. The van der Waals surface area contributed by atoms with Crippen LogP contribution < -0.4 is 9.64 Å². The summed E-state index contributed by atoms with van der Waals surface area (Å²) in [7, 11) is 0. The molecule has 23 heavy (non-hydrogen) atoms. The maximum Gasteiger partial charge on any atom is 0.422 e. The van der Waals surface area contributed by atoms with Crippen molar-refractivity contribution in [3.63, 3.8) is 0 Å². The van der Waals surface area contributed by atoms with Crippen LogP contribution in [0.5, 0.6) is 5.75 Å². The van der Waals surface area contributed by atoms with E-state index in [1.807, 2.05) is 6.92 Å². The summed E-state index contributed by atoms with van der Waals surface area (Å²) < 4.78 is 41.6. The lowest BCUT2D eigenvalue weighted by Crippen LogP contribution is -2.34. The van der Waals surface area contributed by atoms with Gasteiger partial charge in [-0.2, -0.15) is 13.2 Å². The van der Waals surface area contributed by atoms with Crippen LogP contribution in [0.3, 0.4) is 0 Å². The Morgan fingerprint density at radius 3 is 2.43 bits per heavy atom. The molecule has 7 heteroatoms. The predicted molar refractivity (Wildman–Crippen MR) is 78.7 cm³/mol. The van der Waals surface area contributed by atoms with Gasteiger partial charge in [-0.3, -0.25) is 9.59 Å². The smallest absolute Gasteiger partial charge is 0.422 e. The van der Waals surface area contributed by atoms with Gasteiger partial charge < -0.3 is 9.64 Å². The molecule has 0 aromatic heterocycles. The van der Waals surface area contributed by atoms with Gasteiger partial charge in [-0.1, -0.05) is 6.92 Å². The van der Waals surface area contributed by atoms with E-state index < -0.39 is 18.8 Å². The molecular formula is C16H18F3NO3. The van der Waals surface area contributed by atoms with Crippen LogP contribution in [0.2, 0.25) is 0 Å². The Kier molecular flexibility index (Phi) is 4.68. The number of ether oxygens (including phenoxy) is 1. The van der Waals surface area contributed by atoms with Crippen molar-refractivity contribution in [2.75, 3.05) is 11.5 Å². The number of benzene rings is 1. The zero-order valence-electron chi connectivity index (χ0n) is 13.2. The Labute approximate surface area is 132 Å². The Bertz CT molecular complexity index is 640. The molecule has 1 aromatic rings. The van der Waals surface area contributed by atoms with Crippen LogP contribution >= 0.6 is 0 Å². The van der Waals surface area contributed by atoms with Gasteiger partial charge in [-0.05, 0) is 43.5 Å². The minimum atomic E-state index is -4.41. The molecule has 1 amide bonds. The normalized spacial score (nSPS) is 18.7. The average Bonchev–Trinajstić information content (AvgIpc) is 2.69. The molecule has 0 radical (unpaired) electrons. The molecule has 0 aliphatic carbocycles. The van der Waals surface area contributed by atoms with Gasteiger partial charge in [0.1, 0.15) is 5.75 Å². The topological polar surface area (TPSA) is 46.6 Å². The van der Waals surface area contributed by atoms with Crippen molar-refractivity contribution >= 4 is 17.4 Å². The first-order valence-corrected chi connectivity index (χ1v) is 7.32. The van der Waals surface area contributed by atoms with Gasteiger partial charge in [0, 0.05) is 0 Å². The second-order valence-corrected chi connectivity index (χ2v) is 5.59. The number of nitrogens with zero attached hydrogens (tertiary/aromatic N) is 1. The van der Waals surface area contributed by atoms with E-state index in [0.29, 0.717) is 23.2 Å².